The summed E-state index contributed by atoms with van der Waals surface area (Å²) >= 11 is 0. The smallest absolute Gasteiger partial charge is 0.240 e. The molecule has 0 radical (unpaired) electrons. The Morgan fingerprint density at radius 3 is 2.83 bits per heavy atom. The normalized spacial score (nSPS) is 18.4. The Bertz CT molecular complexity index is 401. The molecule has 2 heterocycles. The van der Waals surface area contributed by atoms with Gasteiger partial charge >= 0.3 is 0 Å². The molecule has 100 valence electrons. The summed E-state index contributed by atoms with van der Waals surface area (Å²) in [5.74, 6) is -0.105. The first-order chi connectivity index (χ1) is 8.76. The van der Waals surface area contributed by atoms with E-state index in [-0.39, 0.29) is 38.3 Å². The van der Waals surface area contributed by atoms with Crippen LogP contribution in [-0.2, 0) is 17.8 Å². The lowest BCUT2D eigenvalue weighted by atomic mass is 10.0. The van der Waals surface area contributed by atoms with E-state index >= 15 is 0 Å². The molecule has 18 heavy (non-hydrogen) atoms. The van der Waals surface area contributed by atoms with Crippen LogP contribution in [0.5, 0.6) is 0 Å². The number of aliphatic hydroxyl groups is 2. The fraction of sp³-hybridized carbons (Fsp3) is 0.636. The molecule has 1 unspecified atom stereocenters. The number of imidazole rings is 1. The molecule has 1 aliphatic rings. The second kappa shape index (κ2) is 5.94. The Morgan fingerprint density at radius 1 is 1.44 bits per heavy atom. The SMILES string of the molecule is O=C(C1Cc2nc[nH]c2CN1)N(CCO)CCO. The summed E-state index contributed by atoms with van der Waals surface area (Å²) in [4.78, 5) is 20.9. The van der Waals surface area contributed by atoms with Crippen LogP contribution in [-0.4, -0.2) is 63.3 Å². The maximum absolute atomic E-state index is 12.2. The third-order valence-electron chi connectivity index (χ3n) is 3.08. The van der Waals surface area contributed by atoms with Gasteiger partial charge in [0.15, 0.2) is 0 Å². The van der Waals surface area contributed by atoms with Gasteiger partial charge in [0.25, 0.3) is 0 Å². The van der Waals surface area contributed by atoms with Gasteiger partial charge in [-0.2, -0.15) is 0 Å². The van der Waals surface area contributed by atoms with Gasteiger partial charge in [0.1, 0.15) is 0 Å². The van der Waals surface area contributed by atoms with Crippen LogP contribution in [0.1, 0.15) is 11.4 Å². The summed E-state index contributed by atoms with van der Waals surface area (Å²) in [5, 5.41) is 21.0. The van der Waals surface area contributed by atoms with E-state index in [9.17, 15) is 4.79 Å². The van der Waals surface area contributed by atoms with Crippen LogP contribution >= 0.6 is 0 Å². The molecule has 0 fully saturated rings. The maximum atomic E-state index is 12.2. The van der Waals surface area contributed by atoms with Gasteiger partial charge in [-0.1, -0.05) is 0 Å². The average molecular weight is 254 g/mol. The summed E-state index contributed by atoms with van der Waals surface area (Å²) in [6.07, 6.45) is 2.16. The van der Waals surface area contributed by atoms with E-state index in [4.69, 9.17) is 10.2 Å². The number of fused-ring (bicyclic) bond motifs is 1. The molecule has 1 aliphatic heterocycles. The van der Waals surface area contributed by atoms with E-state index in [0.717, 1.165) is 11.4 Å². The highest BCUT2D eigenvalue weighted by molar-refractivity contribution is 5.82. The number of aliphatic hydroxyl groups excluding tert-OH is 2. The minimum atomic E-state index is -0.334. The van der Waals surface area contributed by atoms with Crippen molar-refractivity contribution in [2.75, 3.05) is 26.3 Å². The summed E-state index contributed by atoms with van der Waals surface area (Å²) in [5.41, 5.74) is 1.91. The van der Waals surface area contributed by atoms with Crippen LogP contribution in [0.25, 0.3) is 0 Å². The standard InChI is InChI=1S/C11H18N4O3/c16-3-1-15(2-4-17)11(18)9-5-8-10(6-12-9)14-7-13-8/h7,9,12,16-17H,1-6H2,(H,13,14). The van der Waals surface area contributed by atoms with Crippen molar-refractivity contribution in [1.29, 1.82) is 0 Å². The number of carbonyl (C=O) groups is 1. The molecule has 7 heteroatoms. The third-order valence-corrected chi connectivity index (χ3v) is 3.08. The number of hydrogen-bond donors (Lipinski definition) is 4. The Balaban J connectivity index is 2.01. The van der Waals surface area contributed by atoms with E-state index < -0.39 is 0 Å². The predicted octanol–water partition coefficient (Wildman–Crippen LogP) is -1.76. The Kier molecular flexibility index (Phi) is 4.29. The van der Waals surface area contributed by atoms with Crippen LogP contribution in [0.4, 0.5) is 0 Å². The lowest BCUT2D eigenvalue weighted by Crippen LogP contribution is -2.50. The quantitative estimate of drug-likeness (QED) is 0.498. The van der Waals surface area contributed by atoms with Crippen LogP contribution in [0, 0.1) is 0 Å². The summed E-state index contributed by atoms with van der Waals surface area (Å²) < 4.78 is 0. The van der Waals surface area contributed by atoms with Crippen molar-refractivity contribution in [3.63, 3.8) is 0 Å². The Labute approximate surface area is 105 Å². The zero-order chi connectivity index (χ0) is 13.0. The molecule has 1 atom stereocenters. The van der Waals surface area contributed by atoms with Crippen LogP contribution in [0.15, 0.2) is 6.33 Å². The van der Waals surface area contributed by atoms with E-state index in [1.54, 1.807) is 6.33 Å². The number of amides is 1. The fourth-order valence-corrected chi connectivity index (χ4v) is 2.14. The van der Waals surface area contributed by atoms with E-state index in [2.05, 4.69) is 15.3 Å². The molecular formula is C11H18N4O3. The largest absolute Gasteiger partial charge is 0.395 e. The lowest BCUT2D eigenvalue weighted by Gasteiger charge is -2.28. The number of nitrogens with zero attached hydrogens (tertiary/aromatic N) is 2. The van der Waals surface area contributed by atoms with Crippen molar-refractivity contribution in [1.82, 2.24) is 20.2 Å². The molecule has 0 bridgehead atoms. The molecule has 1 aromatic rings. The minimum absolute atomic E-state index is 0.105. The molecule has 1 aromatic heterocycles. The first-order valence-electron chi connectivity index (χ1n) is 6.01. The topological polar surface area (TPSA) is 101 Å². The number of rotatable bonds is 5. The number of H-pyrrole nitrogens is 1. The number of hydrogen-bond acceptors (Lipinski definition) is 5. The lowest BCUT2D eigenvalue weighted by molar-refractivity contribution is -0.134. The summed E-state index contributed by atoms with van der Waals surface area (Å²) in [6, 6.07) is -0.334. The van der Waals surface area contributed by atoms with Crippen molar-refractivity contribution < 1.29 is 15.0 Å². The molecule has 0 spiro atoms. The number of carbonyl (C=O) groups excluding carboxylic acids is 1. The highest BCUT2D eigenvalue weighted by Gasteiger charge is 2.28. The summed E-state index contributed by atoms with van der Waals surface area (Å²) in [6.45, 7) is 0.853. The molecule has 1 amide bonds. The third kappa shape index (κ3) is 2.69. The van der Waals surface area contributed by atoms with Crippen molar-refractivity contribution >= 4 is 5.91 Å². The Hall–Kier alpha value is -1.44. The molecule has 0 saturated carbocycles. The molecule has 7 nitrogen and oxygen atoms in total. The number of aromatic amines is 1. The zero-order valence-electron chi connectivity index (χ0n) is 10.1. The van der Waals surface area contributed by atoms with Crippen LogP contribution in [0.2, 0.25) is 0 Å². The number of nitrogens with one attached hydrogen (secondary N) is 2. The van der Waals surface area contributed by atoms with Gasteiger partial charge in [-0.05, 0) is 0 Å². The number of aromatic nitrogens is 2. The van der Waals surface area contributed by atoms with Gasteiger partial charge in [-0.15, -0.1) is 0 Å². The average Bonchev–Trinajstić information content (AvgIpc) is 2.84. The van der Waals surface area contributed by atoms with Crippen LogP contribution < -0.4 is 5.32 Å². The predicted molar refractivity (Wildman–Crippen MR) is 63.7 cm³/mol. The maximum Gasteiger partial charge on any atom is 0.240 e. The van der Waals surface area contributed by atoms with Gasteiger partial charge in [-0.3, -0.25) is 10.1 Å². The second-order valence-corrected chi connectivity index (χ2v) is 4.24. The molecule has 2 rings (SSSR count). The van der Waals surface area contributed by atoms with E-state index in [1.165, 1.54) is 4.90 Å². The van der Waals surface area contributed by atoms with Gasteiger partial charge in [0.2, 0.25) is 5.91 Å². The fourth-order valence-electron chi connectivity index (χ4n) is 2.14. The molecule has 0 saturated heterocycles. The second-order valence-electron chi connectivity index (χ2n) is 4.24. The van der Waals surface area contributed by atoms with Gasteiger partial charge in [0, 0.05) is 26.1 Å². The van der Waals surface area contributed by atoms with Crippen LogP contribution in [0.3, 0.4) is 0 Å². The molecule has 0 aliphatic carbocycles. The summed E-state index contributed by atoms with van der Waals surface area (Å²) in [7, 11) is 0. The van der Waals surface area contributed by atoms with Crippen molar-refractivity contribution in [2.45, 2.75) is 19.0 Å². The first kappa shape index (κ1) is 13.0. The van der Waals surface area contributed by atoms with Gasteiger partial charge in [-0.25, -0.2) is 4.98 Å². The minimum Gasteiger partial charge on any atom is -0.395 e. The molecular weight excluding hydrogens is 236 g/mol. The van der Waals surface area contributed by atoms with E-state index in [0.29, 0.717) is 13.0 Å². The van der Waals surface area contributed by atoms with Crippen molar-refractivity contribution in [3.8, 4) is 0 Å². The van der Waals surface area contributed by atoms with E-state index in [1.807, 2.05) is 0 Å². The first-order valence-corrected chi connectivity index (χ1v) is 6.01. The highest BCUT2D eigenvalue weighted by Crippen LogP contribution is 2.13. The molecule has 4 N–H and O–H groups in total. The zero-order valence-corrected chi connectivity index (χ0v) is 10.1. The van der Waals surface area contributed by atoms with Crippen molar-refractivity contribution in [2.24, 2.45) is 0 Å². The van der Waals surface area contributed by atoms with Gasteiger partial charge in [0.05, 0.1) is 37.0 Å². The molecule has 0 aromatic carbocycles. The van der Waals surface area contributed by atoms with Gasteiger partial charge < -0.3 is 20.1 Å². The highest BCUT2D eigenvalue weighted by atomic mass is 16.3. The monoisotopic (exact) mass is 254 g/mol. The Morgan fingerprint density at radius 2 is 2.17 bits per heavy atom. The van der Waals surface area contributed by atoms with Crippen molar-refractivity contribution in [3.05, 3.63) is 17.7 Å².